The Hall–Kier alpha value is -2.30. The number of aromatic carboxylic acids is 1. The molecule has 0 bridgehead atoms. The van der Waals surface area contributed by atoms with Gasteiger partial charge in [0.2, 0.25) is 5.91 Å². The van der Waals surface area contributed by atoms with Gasteiger partial charge in [0, 0.05) is 32.7 Å². The van der Waals surface area contributed by atoms with E-state index >= 15 is 0 Å². The minimum absolute atomic E-state index is 0.0123. The molecular formula is C18H24BN3O6. The number of amides is 1. The average Bonchev–Trinajstić information content (AvgIpc) is 2.61. The second-order valence-electron chi connectivity index (χ2n) is 7.79. The third-order valence-corrected chi connectivity index (χ3v) is 5.51. The van der Waals surface area contributed by atoms with Gasteiger partial charge in [0.25, 0.3) is 0 Å². The van der Waals surface area contributed by atoms with Crippen LogP contribution >= 0.6 is 0 Å². The Morgan fingerprint density at radius 3 is 2.93 bits per heavy atom. The number of carbonyl (C=O) groups excluding carboxylic acids is 1. The van der Waals surface area contributed by atoms with Crippen LogP contribution in [0.3, 0.4) is 0 Å². The maximum Gasteiger partial charge on any atom is 0.522 e. The molecule has 3 aliphatic heterocycles. The summed E-state index contributed by atoms with van der Waals surface area (Å²) in [7, 11) is -1.00. The molecule has 10 heteroatoms. The maximum atomic E-state index is 12.1. The highest BCUT2D eigenvalue weighted by Gasteiger charge is 2.41. The number of fused-ring (bicyclic) bond motifs is 1. The number of piperazine rings is 1. The van der Waals surface area contributed by atoms with E-state index in [0.29, 0.717) is 38.9 Å². The predicted molar refractivity (Wildman–Crippen MR) is 101 cm³/mol. The number of aryl methyl sites for hydroxylation is 1. The van der Waals surface area contributed by atoms with E-state index in [1.807, 2.05) is 6.92 Å². The lowest BCUT2D eigenvalue weighted by Gasteiger charge is -2.45. The molecule has 1 aromatic rings. The summed E-state index contributed by atoms with van der Waals surface area (Å²) < 4.78 is 11.3. The quantitative estimate of drug-likeness (QED) is 0.490. The van der Waals surface area contributed by atoms with E-state index in [2.05, 4.69) is 15.5 Å². The zero-order valence-corrected chi connectivity index (χ0v) is 15.7. The van der Waals surface area contributed by atoms with Crippen LogP contribution < -0.4 is 20.0 Å². The largest absolute Gasteiger partial charge is 0.535 e. The molecule has 2 fully saturated rings. The zero-order chi connectivity index (χ0) is 19.9. The van der Waals surface area contributed by atoms with Gasteiger partial charge in [-0.2, -0.15) is 0 Å². The van der Waals surface area contributed by atoms with Gasteiger partial charge in [0.15, 0.2) is 0 Å². The first-order valence-electron chi connectivity index (χ1n) is 9.52. The van der Waals surface area contributed by atoms with Crippen molar-refractivity contribution in [1.29, 1.82) is 0 Å². The van der Waals surface area contributed by atoms with E-state index in [0.717, 1.165) is 12.1 Å². The molecule has 1 atom stereocenters. The Morgan fingerprint density at radius 1 is 1.43 bits per heavy atom. The fourth-order valence-corrected chi connectivity index (χ4v) is 3.98. The van der Waals surface area contributed by atoms with E-state index in [1.165, 1.54) is 0 Å². The van der Waals surface area contributed by atoms with Gasteiger partial charge in [-0.25, -0.2) is 4.79 Å². The molecule has 0 spiro atoms. The van der Waals surface area contributed by atoms with E-state index in [4.69, 9.17) is 9.39 Å². The maximum absolute atomic E-state index is 12.1. The minimum Gasteiger partial charge on any atom is -0.535 e. The molecule has 28 heavy (non-hydrogen) atoms. The molecule has 0 unspecified atom stereocenters. The molecule has 0 aliphatic carbocycles. The Morgan fingerprint density at radius 2 is 2.21 bits per heavy atom. The summed E-state index contributed by atoms with van der Waals surface area (Å²) in [5.41, 5.74) is 0.0770. The molecule has 2 saturated heterocycles. The first kappa shape index (κ1) is 19.0. The molecule has 9 nitrogen and oxygen atoms in total. The topological polar surface area (TPSA) is 120 Å². The Labute approximate surface area is 163 Å². The molecule has 0 radical (unpaired) electrons. The van der Waals surface area contributed by atoms with Gasteiger partial charge in [0.1, 0.15) is 28.7 Å². The van der Waals surface area contributed by atoms with Crippen LogP contribution in [-0.2, 0) is 11.2 Å². The first-order valence-corrected chi connectivity index (χ1v) is 9.52. The van der Waals surface area contributed by atoms with Gasteiger partial charge in [-0.15, -0.1) is 0 Å². The number of nitrogens with zero attached hydrogens (tertiary/aromatic N) is 1. The number of ether oxygens (including phenoxy) is 1. The second-order valence-corrected chi connectivity index (χ2v) is 7.79. The third kappa shape index (κ3) is 3.55. The van der Waals surface area contributed by atoms with Gasteiger partial charge in [-0.1, -0.05) is 6.07 Å². The minimum atomic E-state index is -1.15. The van der Waals surface area contributed by atoms with Crippen molar-refractivity contribution in [3.63, 3.8) is 0 Å². The Bertz CT molecular complexity index is 800. The van der Waals surface area contributed by atoms with Crippen LogP contribution in [0.15, 0.2) is 12.1 Å². The molecule has 1 amide bonds. The molecule has 4 N–H and O–H groups in total. The van der Waals surface area contributed by atoms with Crippen molar-refractivity contribution < 1.29 is 29.1 Å². The van der Waals surface area contributed by atoms with Crippen LogP contribution in [0.2, 0.25) is 6.32 Å². The molecule has 1 aromatic carbocycles. The summed E-state index contributed by atoms with van der Waals surface area (Å²) in [6.07, 6.45) is 0.825. The van der Waals surface area contributed by atoms with Gasteiger partial charge < -0.3 is 30.2 Å². The van der Waals surface area contributed by atoms with Crippen molar-refractivity contribution in [2.75, 3.05) is 32.7 Å². The fourth-order valence-electron chi connectivity index (χ4n) is 3.98. The number of hydrogen-bond acceptors (Lipinski definition) is 7. The van der Waals surface area contributed by atoms with Crippen molar-refractivity contribution in [1.82, 2.24) is 15.5 Å². The number of likely N-dealkylation sites (tertiary alicyclic amines) is 1. The molecule has 150 valence electrons. The molecular weight excluding hydrogens is 365 g/mol. The summed E-state index contributed by atoms with van der Waals surface area (Å²) in [6.45, 7) is 5.01. The molecule has 0 saturated carbocycles. The van der Waals surface area contributed by atoms with Crippen LogP contribution in [0, 0.1) is 0 Å². The lowest BCUT2D eigenvalue weighted by atomic mass is 9.78. The van der Waals surface area contributed by atoms with Crippen molar-refractivity contribution in [3.05, 3.63) is 23.3 Å². The monoisotopic (exact) mass is 389 g/mol. The summed E-state index contributed by atoms with van der Waals surface area (Å²) >= 11 is 0. The van der Waals surface area contributed by atoms with Crippen molar-refractivity contribution in [3.8, 4) is 11.5 Å². The van der Waals surface area contributed by atoms with E-state index < -0.39 is 18.6 Å². The summed E-state index contributed by atoms with van der Waals surface area (Å²) in [5, 5.41) is 25.5. The molecule has 4 rings (SSSR count). The summed E-state index contributed by atoms with van der Waals surface area (Å²) in [5.74, 6) is -0.727. The van der Waals surface area contributed by atoms with E-state index in [-0.39, 0.29) is 29.1 Å². The highest BCUT2D eigenvalue weighted by molar-refractivity contribution is 6.44. The number of carboxylic acid groups (broad SMARTS) is 1. The van der Waals surface area contributed by atoms with Crippen LogP contribution in [0.25, 0.3) is 0 Å². The van der Waals surface area contributed by atoms with Crippen LogP contribution in [0.5, 0.6) is 11.5 Å². The van der Waals surface area contributed by atoms with Crippen LogP contribution in [0.4, 0.5) is 0 Å². The lowest BCUT2D eigenvalue weighted by molar-refractivity contribution is -0.130. The number of rotatable bonds is 5. The van der Waals surface area contributed by atoms with Gasteiger partial charge >= 0.3 is 13.1 Å². The normalized spacial score (nSPS) is 25.4. The molecule has 0 aromatic heterocycles. The Balaban J connectivity index is 1.42. The van der Waals surface area contributed by atoms with Crippen molar-refractivity contribution >= 4 is 19.0 Å². The predicted octanol–water partition coefficient (Wildman–Crippen LogP) is -0.659. The highest BCUT2D eigenvalue weighted by Crippen LogP contribution is 2.37. The first-order chi connectivity index (χ1) is 13.4. The lowest BCUT2D eigenvalue weighted by Crippen LogP contribution is -2.69. The van der Waals surface area contributed by atoms with E-state index in [9.17, 15) is 19.7 Å². The number of nitrogens with one attached hydrogen (secondary N) is 2. The molecule has 3 aliphatic rings. The van der Waals surface area contributed by atoms with Gasteiger partial charge in [-0.3, -0.25) is 9.69 Å². The van der Waals surface area contributed by atoms with E-state index in [1.54, 1.807) is 12.1 Å². The zero-order valence-electron chi connectivity index (χ0n) is 15.7. The number of hydrogen-bond donors (Lipinski definition) is 4. The second kappa shape index (κ2) is 7.27. The van der Waals surface area contributed by atoms with Gasteiger partial charge in [-0.05, 0) is 31.3 Å². The molecule has 3 heterocycles. The number of benzene rings is 1. The summed E-state index contributed by atoms with van der Waals surface area (Å²) in [4.78, 5) is 26.0. The average molecular weight is 389 g/mol. The number of carbonyl (C=O) groups is 2. The highest BCUT2D eigenvalue weighted by atomic mass is 16.5. The smallest absolute Gasteiger partial charge is 0.522 e. The Kier molecular flexibility index (Phi) is 4.94. The van der Waals surface area contributed by atoms with Gasteiger partial charge in [0.05, 0.1) is 0 Å². The SMILES string of the molecule is C[C@]1(CN2CC(Oc3ccc4c(c3C(=O)O)OB(O)CC4)C2)NCCNC1=O. The standard InChI is InChI=1S/C18H24BN3O6/c1-18(17(25)20-6-7-21-18)10-22-8-12(9-22)27-13-3-2-11-4-5-19(26)28-15(11)14(13)16(23)24/h2-3,12,21,26H,4-10H2,1H3,(H,20,25)(H,23,24)/t18-/m1/s1. The van der Waals surface area contributed by atoms with Crippen molar-refractivity contribution in [2.24, 2.45) is 0 Å². The summed E-state index contributed by atoms with van der Waals surface area (Å²) in [6, 6.07) is 3.44. The van der Waals surface area contributed by atoms with Crippen LogP contribution in [0.1, 0.15) is 22.8 Å². The fraction of sp³-hybridized carbons (Fsp3) is 0.556. The third-order valence-electron chi connectivity index (χ3n) is 5.51. The van der Waals surface area contributed by atoms with Crippen molar-refractivity contribution in [2.45, 2.75) is 31.3 Å². The number of carboxylic acids is 1. The van der Waals surface area contributed by atoms with Crippen LogP contribution in [-0.4, -0.2) is 78.4 Å².